The van der Waals surface area contributed by atoms with E-state index in [1.54, 1.807) is 0 Å². The summed E-state index contributed by atoms with van der Waals surface area (Å²) in [5, 5.41) is 0. The van der Waals surface area contributed by atoms with Crippen LogP contribution >= 0.6 is 0 Å². The number of carbonyl (C=O) groups is 1. The SMILES string of the molecule is CCCCCCCC/C=C\CCCCCCCC(=O)C(C)[N+](C)(C)C. The Labute approximate surface area is 158 Å². The molecule has 1 unspecified atom stereocenters. The van der Waals surface area contributed by atoms with Crippen molar-refractivity contribution >= 4 is 5.78 Å². The van der Waals surface area contributed by atoms with Crippen molar-refractivity contribution in [3.63, 3.8) is 0 Å². The maximum absolute atomic E-state index is 12.1. The molecule has 0 aromatic rings. The molecule has 0 rings (SSSR count). The molecule has 0 N–H and O–H groups in total. The topological polar surface area (TPSA) is 17.1 Å². The summed E-state index contributed by atoms with van der Waals surface area (Å²) in [4.78, 5) is 12.1. The number of rotatable bonds is 17. The summed E-state index contributed by atoms with van der Waals surface area (Å²) in [5.41, 5.74) is 0. The van der Waals surface area contributed by atoms with Gasteiger partial charge in [0.1, 0.15) is 6.04 Å². The predicted molar refractivity (Wildman–Crippen MR) is 112 cm³/mol. The van der Waals surface area contributed by atoms with Gasteiger partial charge in [0.15, 0.2) is 5.78 Å². The fraction of sp³-hybridized carbons (Fsp3) is 0.870. The van der Waals surface area contributed by atoms with Crippen molar-refractivity contribution in [2.45, 2.75) is 110 Å². The molecule has 2 heteroatoms. The van der Waals surface area contributed by atoms with Crippen LogP contribution in [0, 0.1) is 0 Å². The molecule has 0 aromatic heterocycles. The van der Waals surface area contributed by atoms with Crippen LogP contribution in [-0.4, -0.2) is 37.5 Å². The molecule has 0 aliphatic heterocycles. The van der Waals surface area contributed by atoms with Gasteiger partial charge in [0.25, 0.3) is 0 Å². The van der Waals surface area contributed by atoms with Gasteiger partial charge in [0, 0.05) is 6.42 Å². The third-order valence-corrected chi connectivity index (χ3v) is 5.31. The van der Waals surface area contributed by atoms with Crippen LogP contribution in [0.1, 0.15) is 104 Å². The molecule has 2 nitrogen and oxygen atoms in total. The summed E-state index contributed by atoms with van der Waals surface area (Å²) in [7, 11) is 6.30. The van der Waals surface area contributed by atoms with Gasteiger partial charge in [-0.3, -0.25) is 4.79 Å². The van der Waals surface area contributed by atoms with E-state index in [1.165, 1.54) is 77.0 Å². The second-order valence-electron chi connectivity index (χ2n) is 8.59. The summed E-state index contributed by atoms with van der Waals surface area (Å²) in [5.74, 6) is 0.421. The van der Waals surface area contributed by atoms with Crippen molar-refractivity contribution in [2.24, 2.45) is 0 Å². The molecule has 0 bridgehead atoms. The molecular weight excluding hydrogens is 306 g/mol. The second-order valence-corrected chi connectivity index (χ2v) is 8.59. The Hall–Kier alpha value is -0.630. The van der Waals surface area contributed by atoms with E-state index >= 15 is 0 Å². The maximum atomic E-state index is 12.1. The van der Waals surface area contributed by atoms with Crippen LogP contribution < -0.4 is 0 Å². The zero-order valence-electron chi connectivity index (χ0n) is 18.0. The van der Waals surface area contributed by atoms with E-state index in [9.17, 15) is 4.79 Å². The van der Waals surface area contributed by atoms with E-state index in [-0.39, 0.29) is 6.04 Å². The molecule has 0 heterocycles. The zero-order valence-corrected chi connectivity index (χ0v) is 18.0. The molecule has 0 saturated heterocycles. The number of unbranched alkanes of at least 4 members (excludes halogenated alkanes) is 11. The number of ketones is 1. The van der Waals surface area contributed by atoms with Crippen LogP contribution in [0.2, 0.25) is 0 Å². The van der Waals surface area contributed by atoms with Crippen molar-refractivity contribution in [1.82, 2.24) is 0 Å². The zero-order chi connectivity index (χ0) is 19.0. The molecule has 25 heavy (non-hydrogen) atoms. The monoisotopic (exact) mass is 352 g/mol. The van der Waals surface area contributed by atoms with Gasteiger partial charge in [-0.15, -0.1) is 0 Å². The molecule has 0 spiro atoms. The number of likely N-dealkylation sites (N-methyl/N-ethyl adjacent to an activating group) is 1. The third kappa shape index (κ3) is 15.3. The smallest absolute Gasteiger partial charge is 0.189 e. The minimum atomic E-state index is 0.122. The summed E-state index contributed by atoms with van der Waals surface area (Å²) >= 11 is 0. The minimum Gasteiger partial charge on any atom is -0.323 e. The lowest BCUT2D eigenvalue weighted by Crippen LogP contribution is -2.47. The molecular formula is C23H46NO+. The van der Waals surface area contributed by atoms with Crippen LogP contribution in [0.15, 0.2) is 12.2 Å². The number of carbonyl (C=O) groups excluding carboxylic acids is 1. The van der Waals surface area contributed by atoms with Crippen molar-refractivity contribution in [2.75, 3.05) is 21.1 Å². The summed E-state index contributed by atoms with van der Waals surface area (Å²) in [6.45, 7) is 4.33. The van der Waals surface area contributed by atoms with Gasteiger partial charge >= 0.3 is 0 Å². The maximum Gasteiger partial charge on any atom is 0.189 e. The number of hydrogen-bond acceptors (Lipinski definition) is 1. The molecule has 0 aliphatic carbocycles. The highest BCUT2D eigenvalue weighted by molar-refractivity contribution is 5.82. The number of hydrogen-bond donors (Lipinski definition) is 0. The fourth-order valence-electron chi connectivity index (χ4n) is 3.01. The molecule has 0 aliphatic rings. The summed E-state index contributed by atoms with van der Waals surface area (Å²) in [6.07, 6.45) is 22.5. The molecule has 0 saturated carbocycles. The summed E-state index contributed by atoms with van der Waals surface area (Å²) in [6, 6.07) is 0.122. The Kier molecular flexibility index (Phi) is 15.2. The first-order valence-electron chi connectivity index (χ1n) is 10.9. The number of quaternary nitrogens is 1. The first kappa shape index (κ1) is 24.4. The first-order chi connectivity index (χ1) is 11.9. The van der Waals surface area contributed by atoms with Crippen molar-refractivity contribution in [3.8, 4) is 0 Å². The Morgan fingerprint density at radius 2 is 1.20 bits per heavy atom. The van der Waals surface area contributed by atoms with Crippen LogP contribution in [0.4, 0.5) is 0 Å². The standard InChI is InChI=1S/C23H46NO/c1-6-7-8-9-10-11-12-13-14-15-16-17-18-19-20-21-23(25)22(2)24(3,4)5/h13-14,22H,6-12,15-21H2,1-5H3/q+1/b14-13-. The van der Waals surface area contributed by atoms with Crippen LogP contribution in [0.25, 0.3) is 0 Å². The lowest BCUT2D eigenvalue weighted by Gasteiger charge is -2.30. The van der Waals surface area contributed by atoms with E-state index < -0.39 is 0 Å². The third-order valence-electron chi connectivity index (χ3n) is 5.31. The molecule has 1 atom stereocenters. The highest BCUT2D eigenvalue weighted by atomic mass is 16.1. The van der Waals surface area contributed by atoms with Gasteiger partial charge < -0.3 is 4.48 Å². The van der Waals surface area contributed by atoms with Crippen molar-refractivity contribution in [1.29, 1.82) is 0 Å². The molecule has 0 aromatic carbocycles. The Bertz CT molecular complexity index is 340. The van der Waals surface area contributed by atoms with Crippen molar-refractivity contribution < 1.29 is 9.28 Å². The van der Waals surface area contributed by atoms with Gasteiger partial charge in [-0.05, 0) is 39.0 Å². The molecule has 148 valence electrons. The molecule has 0 amide bonds. The van der Waals surface area contributed by atoms with Gasteiger partial charge in [-0.2, -0.15) is 0 Å². The predicted octanol–water partition coefficient (Wildman–Crippen LogP) is 6.69. The van der Waals surface area contributed by atoms with E-state index in [4.69, 9.17) is 0 Å². The molecule has 0 radical (unpaired) electrons. The average molecular weight is 353 g/mol. The van der Waals surface area contributed by atoms with E-state index in [0.717, 1.165) is 17.3 Å². The Morgan fingerprint density at radius 3 is 1.68 bits per heavy atom. The van der Waals surface area contributed by atoms with E-state index in [1.807, 2.05) is 0 Å². The number of allylic oxidation sites excluding steroid dienone is 2. The molecule has 0 fully saturated rings. The van der Waals surface area contributed by atoms with Crippen molar-refractivity contribution in [3.05, 3.63) is 12.2 Å². The fourth-order valence-corrected chi connectivity index (χ4v) is 3.01. The van der Waals surface area contributed by atoms with Gasteiger partial charge in [0.2, 0.25) is 0 Å². The highest BCUT2D eigenvalue weighted by Gasteiger charge is 2.25. The van der Waals surface area contributed by atoms with E-state index in [2.05, 4.69) is 47.1 Å². The average Bonchev–Trinajstić information content (AvgIpc) is 2.56. The van der Waals surface area contributed by atoms with Crippen LogP contribution in [0.5, 0.6) is 0 Å². The van der Waals surface area contributed by atoms with Crippen LogP contribution in [0.3, 0.4) is 0 Å². The van der Waals surface area contributed by atoms with Gasteiger partial charge in [-0.25, -0.2) is 0 Å². The van der Waals surface area contributed by atoms with Gasteiger partial charge in [0.05, 0.1) is 21.1 Å². The Morgan fingerprint density at radius 1 is 0.760 bits per heavy atom. The van der Waals surface area contributed by atoms with Crippen LogP contribution in [-0.2, 0) is 4.79 Å². The lowest BCUT2D eigenvalue weighted by molar-refractivity contribution is -0.884. The van der Waals surface area contributed by atoms with E-state index in [0.29, 0.717) is 5.78 Å². The normalized spacial score (nSPS) is 13.5. The first-order valence-corrected chi connectivity index (χ1v) is 10.9. The number of nitrogens with zero attached hydrogens (tertiary/aromatic N) is 1. The lowest BCUT2D eigenvalue weighted by atomic mass is 10.0. The highest BCUT2D eigenvalue weighted by Crippen LogP contribution is 2.12. The van der Waals surface area contributed by atoms with Gasteiger partial charge in [-0.1, -0.05) is 70.4 Å². The largest absolute Gasteiger partial charge is 0.323 e. The second kappa shape index (κ2) is 15.6. The summed E-state index contributed by atoms with van der Waals surface area (Å²) < 4.78 is 0.740. The minimum absolute atomic E-state index is 0.122. The number of Topliss-reactive ketones (excluding diaryl/α,β-unsaturated/α-hetero) is 1. The quantitative estimate of drug-likeness (QED) is 0.162. The Balaban J connectivity index is 3.36.